The van der Waals surface area contributed by atoms with Crippen molar-refractivity contribution in [1.29, 1.82) is 0 Å². The first-order valence-electron chi connectivity index (χ1n) is 3.69. The van der Waals surface area contributed by atoms with Crippen molar-refractivity contribution >= 4 is 0 Å². The van der Waals surface area contributed by atoms with Crippen molar-refractivity contribution in [3.05, 3.63) is 12.8 Å². The lowest BCUT2D eigenvalue weighted by Crippen LogP contribution is -2.22. The summed E-state index contributed by atoms with van der Waals surface area (Å²) in [7, 11) is 2.11. The third kappa shape index (κ3) is 1.47. The maximum Gasteiger partial charge on any atom is 0.0280 e. The molecule has 0 spiro atoms. The zero-order valence-corrected chi connectivity index (χ0v) is 6.14. The van der Waals surface area contributed by atoms with Crippen molar-refractivity contribution in [2.24, 2.45) is 0 Å². The van der Waals surface area contributed by atoms with Gasteiger partial charge in [-0.3, -0.25) is 0 Å². The summed E-state index contributed by atoms with van der Waals surface area (Å²) >= 11 is 0. The molecule has 52 valence electrons. The Labute approximate surface area is 57.4 Å². The van der Waals surface area contributed by atoms with Crippen LogP contribution in [0, 0.1) is 0 Å². The molecular formula is C8H15N. The van der Waals surface area contributed by atoms with Crippen LogP contribution in [-0.2, 0) is 0 Å². The zero-order valence-electron chi connectivity index (χ0n) is 6.14. The Balaban J connectivity index is 2.32. The summed E-state index contributed by atoms with van der Waals surface area (Å²) in [5, 5.41) is 0. The van der Waals surface area contributed by atoms with Crippen LogP contribution in [0.1, 0.15) is 25.7 Å². The molecule has 0 radical (unpaired) electrons. The van der Waals surface area contributed by atoms with E-state index in [2.05, 4.69) is 18.5 Å². The molecule has 0 amide bonds. The average molecular weight is 125 g/mol. The molecule has 1 aliphatic carbocycles. The molecule has 0 bridgehead atoms. The summed E-state index contributed by atoms with van der Waals surface area (Å²) in [5.41, 5.74) is 0. The van der Waals surface area contributed by atoms with Crippen LogP contribution in [0.2, 0.25) is 0 Å². The van der Waals surface area contributed by atoms with Crippen molar-refractivity contribution in [2.45, 2.75) is 31.7 Å². The minimum Gasteiger partial charge on any atom is -0.378 e. The van der Waals surface area contributed by atoms with Gasteiger partial charge in [-0.05, 0) is 19.0 Å². The Morgan fingerprint density at radius 3 is 2.44 bits per heavy atom. The van der Waals surface area contributed by atoms with E-state index in [0.29, 0.717) is 0 Å². The third-order valence-corrected chi connectivity index (χ3v) is 2.19. The SMILES string of the molecule is C=CN(C)C1CCCC1. The number of hydrogen-bond donors (Lipinski definition) is 0. The van der Waals surface area contributed by atoms with Crippen LogP contribution < -0.4 is 0 Å². The molecule has 9 heavy (non-hydrogen) atoms. The van der Waals surface area contributed by atoms with E-state index in [1.165, 1.54) is 25.7 Å². The van der Waals surface area contributed by atoms with E-state index < -0.39 is 0 Å². The van der Waals surface area contributed by atoms with Gasteiger partial charge >= 0.3 is 0 Å². The summed E-state index contributed by atoms with van der Waals surface area (Å²) in [5.74, 6) is 0. The van der Waals surface area contributed by atoms with E-state index in [1.807, 2.05) is 6.20 Å². The predicted molar refractivity (Wildman–Crippen MR) is 40.2 cm³/mol. The Morgan fingerprint density at radius 1 is 1.44 bits per heavy atom. The fourth-order valence-corrected chi connectivity index (χ4v) is 1.46. The molecule has 0 N–H and O–H groups in total. The lowest BCUT2D eigenvalue weighted by atomic mass is 10.2. The van der Waals surface area contributed by atoms with Gasteiger partial charge in [0.1, 0.15) is 0 Å². The molecule has 0 saturated heterocycles. The Morgan fingerprint density at radius 2 is 2.00 bits per heavy atom. The molecule has 0 heterocycles. The summed E-state index contributed by atoms with van der Waals surface area (Å²) in [6.07, 6.45) is 7.46. The number of hydrogen-bond acceptors (Lipinski definition) is 1. The zero-order chi connectivity index (χ0) is 6.69. The van der Waals surface area contributed by atoms with E-state index in [4.69, 9.17) is 0 Å². The Hall–Kier alpha value is -0.460. The highest BCUT2D eigenvalue weighted by Crippen LogP contribution is 2.21. The molecule has 1 saturated carbocycles. The monoisotopic (exact) mass is 125 g/mol. The smallest absolute Gasteiger partial charge is 0.0280 e. The van der Waals surface area contributed by atoms with Gasteiger partial charge in [-0.25, -0.2) is 0 Å². The quantitative estimate of drug-likeness (QED) is 0.545. The summed E-state index contributed by atoms with van der Waals surface area (Å²) in [4.78, 5) is 2.23. The molecule has 1 fully saturated rings. The van der Waals surface area contributed by atoms with Gasteiger partial charge in [0.05, 0.1) is 0 Å². The minimum atomic E-state index is 0.794. The highest BCUT2D eigenvalue weighted by atomic mass is 15.1. The van der Waals surface area contributed by atoms with Crippen LogP contribution in [0.3, 0.4) is 0 Å². The molecule has 0 aromatic heterocycles. The largest absolute Gasteiger partial charge is 0.378 e. The van der Waals surface area contributed by atoms with E-state index in [-0.39, 0.29) is 0 Å². The van der Waals surface area contributed by atoms with Crippen LogP contribution in [0.15, 0.2) is 12.8 Å². The highest BCUT2D eigenvalue weighted by molar-refractivity contribution is 4.80. The van der Waals surface area contributed by atoms with Gasteiger partial charge in [0.2, 0.25) is 0 Å². The molecule has 1 nitrogen and oxygen atoms in total. The van der Waals surface area contributed by atoms with Crippen molar-refractivity contribution in [3.8, 4) is 0 Å². The average Bonchev–Trinajstić information content (AvgIpc) is 2.37. The second-order valence-electron chi connectivity index (χ2n) is 2.79. The molecule has 1 heteroatoms. The fourth-order valence-electron chi connectivity index (χ4n) is 1.46. The van der Waals surface area contributed by atoms with Gasteiger partial charge in [-0.15, -0.1) is 0 Å². The molecule has 0 unspecified atom stereocenters. The molecule has 0 aromatic rings. The van der Waals surface area contributed by atoms with E-state index in [1.54, 1.807) is 0 Å². The van der Waals surface area contributed by atoms with Crippen LogP contribution in [0.5, 0.6) is 0 Å². The van der Waals surface area contributed by atoms with E-state index >= 15 is 0 Å². The van der Waals surface area contributed by atoms with Crippen LogP contribution in [0.25, 0.3) is 0 Å². The molecule has 0 atom stereocenters. The van der Waals surface area contributed by atoms with Gasteiger partial charge in [0, 0.05) is 13.1 Å². The van der Waals surface area contributed by atoms with E-state index in [0.717, 1.165) is 6.04 Å². The predicted octanol–water partition coefficient (Wildman–Crippen LogP) is 2.00. The van der Waals surface area contributed by atoms with Crippen molar-refractivity contribution < 1.29 is 0 Å². The fraction of sp³-hybridized carbons (Fsp3) is 0.750. The van der Waals surface area contributed by atoms with Gasteiger partial charge < -0.3 is 4.90 Å². The first-order valence-corrected chi connectivity index (χ1v) is 3.69. The van der Waals surface area contributed by atoms with Crippen LogP contribution in [-0.4, -0.2) is 18.0 Å². The maximum absolute atomic E-state index is 3.73. The van der Waals surface area contributed by atoms with Gasteiger partial charge in [-0.2, -0.15) is 0 Å². The van der Waals surface area contributed by atoms with Crippen molar-refractivity contribution in [2.75, 3.05) is 7.05 Å². The van der Waals surface area contributed by atoms with Gasteiger partial charge in [-0.1, -0.05) is 19.4 Å². The molecule has 1 aliphatic rings. The Bertz CT molecular complexity index is 92.7. The van der Waals surface area contributed by atoms with Crippen molar-refractivity contribution in [1.82, 2.24) is 4.90 Å². The third-order valence-electron chi connectivity index (χ3n) is 2.19. The summed E-state index contributed by atoms with van der Waals surface area (Å²) in [6, 6.07) is 0.794. The lowest BCUT2D eigenvalue weighted by molar-refractivity contribution is 0.336. The standard InChI is InChI=1S/C8H15N/c1-3-9(2)8-6-4-5-7-8/h3,8H,1,4-7H2,2H3. The topological polar surface area (TPSA) is 3.24 Å². The first-order chi connectivity index (χ1) is 4.34. The normalized spacial score (nSPS) is 20.1. The van der Waals surface area contributed by atoms with E-state index in [9.17, 15) is 0 Å². The summed E-state index contributed by atoms with van der Waals surface area (Å²) in [6.45, 7) is 3.73. The van der Waals surface area contributed by atoms with Crippen LogP contribution >= 0.6 is 0 Å². The number of nitrogens with zero attached hydrogens (tertiary/aromatic N) is 1. The first kappa shape index (κ1) is 6.66. The Kier molecular flexibility index (Phi) is 2.15. The molecule has 1 rings (SSSR count). The number of rotatable bonds is 2. The molecular weight excluding hydrogens is 110 g/mol. The minimum absolute atomic E-state index is 0.794. The van der Waals surface area contributed by atoms with Gasteiger partial charge in [0.15, 0.2) is 0 Å². The summed E-state index contributed by atoms with van der Waals surface area (Å²) < 4.78 is 0. The highest BCUT2D eigenvalue weighted by Gasteiger charge is 2.16. The second kappa shape index (κ2) is 2.90. The maximum atomic E-state index is 3.73. The second-order valence-corrected chi connectivity index (χ2v) is 2.79. The molecule has 0 aromatic carbocycles. The van der Waals surface area contributed by atoms with Gasteiger partial charge in [0.25, 0.3) is 0 Å². The lowest BCUT2D eigenvalue weighted by Gasteiger charge is -2.20. The molecule has 0 aliphatic heterocycles. The van der Waals surface area contributed by atoms with Crippen molar-refractivity contribution in [3.63, 3.8) is 0 Å². The van der Waals surface area contributed by atoms with Crippen LogP contribution in [0.4, 0.5) is 0 Å².